The third-order valence-electron chi connectivity index (χ3n) is 8.32. The van der Waals surface area contributed by atoms with E-state index in [-0.39, 0.29) is 11.8 Å². The van der Waals surface area contributed by atoms with E-state index in [1.54, 1.807) is 11.0 Å². The number of hydrogen-bond donors (Lipinski definition) is 1. The molecule has 1 spiro atoms. The van der Waals surface area contributed by atoms with Gasteiger partial charge < -0.3 is 9.73 Å². The zero-order valence-electron chi connectivity index (χ0n) is 22.0. The number of nitrogens with one attached hydrogen (secondary N) is 1. The first-order valence-corrected chi connectivity index (χ1v) is 13.8. The maximum absolute atomic E-state index is 14.2. The van der Waals surface area contributed by atoms with Gasteiger partial charge in [-0.3, -0.25) is 9.80 Å². The number of likely N-dealkylation sites (tertiary alicyclic amines) is 1. The van der Waals surface area contributed by atoms with Gasteiger partial charge in [0.15, 0.2) is 0 Å². The summed E-state index contributed by atoms with van der Waals surface area (Å²) >= 11 is 0. The van der Waals surface area contributed by atoms with Crippen molar-refractivity contribution in [1.29, 1.82) is 0 Å². The van der Waals surface area contributed by atoms with Crippen molar-refractivity contribution >= 4 is 17.6 Å². The molecule has 198 valence electrons. The van der Waals surface area contributed by atoms with Crippen molar-refractivity contribution in [2.75, 3.05) is 18.0 Å². The molecule has 2 aromatic carbocycles. The molecule has 1 aliphatic carbocycles. The van der Waals surface area contributed by atoms with Gasteiger partial charge in [-0.2, -0.15) is 4.99 Å². The standard InChI is InChI=1S/C31H35FN4O2/c1-22-13-14-28(38-22)24-8-5-7-23(19-24)21-35-17-15-31(16-18-35)29(33-26-10-3-2-4-11-26)34-30(37)36(31)27-12-6-9-25(32)20-27/h5-9,12-14,19-20,26H,2-4,10-11,15-18,21H2,1H3,(H,33,34,37). The minimum atomic E-state index is -0.577. The highest BCUT2D eigenvalue weighted by molar-refractivity contribution is 6.16. The Hall–Kier alpha value is -3.45. The molecule has 1 saturated heterocycles. The second-order valence-corrected chi connectivity index (χ2v) is 11.0. The number of benzene rings is 2. The molecule has 0 atom stereocenters. The fourth-order valence-corrected chi connectivity index (χ4v) is 6.33. The SMILES string of the molecule is Cc1ccc(-c2cccc(CN3CCC4(CC3)C(NC3CCCCC3)=NC(=O)N4c3cccc(F)c3)c2)o1. The monoisotopic (exact) mass is 514 g/mol. The summed E-state index contributed by atoms with van der Waals surface area (Å²) in [7, 11) is 0. The lowest BCUT2D eigenvalue weighted by molar-refractivity contribution is 0.181. The van der Waals surface area contributed by atoms with Crippen LogP contribution in [-0.2, 0) is 6.54 Å². The average Bonchev–Trinajstić information content (AvgIpc) is 3.47. The first-order chi connectivity index (χ1) is 18.5. The molecule has 0 unspecified atom stereocenters. The van der Waals surface area contributed by atoms with Crippen LogP contribution in [-0.4, -0.2) is 41.4 Å². The van der Waals surface area contributed by atoms with Crippen LogP contribution in [0.25, 0.3) is 11.3 Å². The predicted octanol–water partition coefficient (Wildman–Crippen LogP) is 6.69. The van der Waals surface area contributed by atoms with Gasteiger partial charge in [-0.1, -0.05) is 43.5 Å². The fourth-order valence-electron chi connectivity index (χ4n) is 6.33. The second kappa shape index (κ2) is 10.4. The number of aryl methyl sites for hydroxylation is 1. The number of amidine groups is 1. The van der Waals surface area contributed by atoms with E-state index in [9.17, 15) is 9.18 Å². The third-order valence-corrected chi connectivity index (χ3v) is 8.32. The summed E-state index contributed by atoms with van der Waals surface area (Å²) in [5.41, 5.74) is 2.31. The largest absolute Gasteiger partial charge is 0.461 e. The van der Waals surface area contributed by atoms with Crippen molar-refractivity contribution < 1.29 is 13.6 Å². The summed E-state index contributed by atoms with van der Waals surface area (Å²) in [5.74, 6) is 2.21. The van der Waals surface area contributed by atoms with Gasteiger partial charge >= 0.3 is 6.03 Å². The molecule has 6 rings (SSSR count). The maximum atomic E-state index is 14.2. The fraction of sp³-hybridized carbons (Fsp3) is 0.419. The van der Waals surface area contributed by atoms with Crippen LogP contribution in [0.1, 0.15) is 56.3 Å². The maximum Gasteiger partial charge on any atom is 0.350 e. The Balaban J connectivity index is 1.22. The Morgan fingerprint density at radius 2 is 1.82 bits per heavy atom. The molecule has 1 N–H and O–H groups in total. The summed E-state index contributed by atoms with van der Waals surface area (Å²) in [6.45, 7) is 4.40. The van der Waals surface area contributed by atoms with Gasteiger partial charge in [0, 0.05) is 36.9 Å². The number of halogens is 1. The lowest BCUT2D eigenvalue weighted by Gasteiger charge is -2.45. The number of hydrogen-bond acceptors (Lipinski definition) is 4. The molecule has 6 nitrogen and oxygen atoms in total. The van der Waals surface area contributed by atoms with Crippen LogP contribution in [0, 0.1) is 12.7 Å². The molecule has 1 aromatic heterocycles. The van der Waals surface area contributed by atoms with Crippen molar-refractivity contribution in [3.63, 3.8) is 0 Å². The highest BCUT2D eigenvalue weighted by atomic mass is 19.1. The number of urea groups is 1. The highest BCUT2D eigenvalue weighted by Gasteiger charge is 2.52. The normalized spacial score (nSPS) is 20.2. The van der Waals surface area contributed by atoms with Crippen molar-refractivity contribution in [3.8, 4) is 11.3 Å². The van der Waals surface area contributed by atoms with Gasteiger partial charge in [-0.15, -0.1) is 0 Å². The molecular formula is C31H35FN4O2. The Labute approximate surface area is 223 Å². The van der Waals surface area contributed by atoms with Gasteiger partial charge in [0.2, 0.25) is 0 Å². The number of carbonyl (C=O) groups excluding carboxylic acids is 1. The topological polar surface area (TPSA) is 61.1 Å². The average molecular weight is 515 g/mol. The van der Waals surface area contributed by atoms with E-state index in [1.165, 1.54) is 37.0 Å². The van der Waals surface area contributed by atoms with Crippen molar-refractivity contribution in [2.45, 2.75) is 70.0 Å². The molecule has 0 bridgehead atoms. The van der Waals surface area contributed by atoms with E-state index in [0.717, 1.165) is 68.2 Å². The molecule has 1 saturated carbocycles. The Kier molecular flexibility index (Phi) is 6.78. The molecule has 38 heavy (non-hydrogen) atoms. The molecule has 2 amide bonds. The van der Waals surface area contributed by atoms with Crippen molar-refractivity contribution in [1.82, 2.24) is 10.2 Å². The minimum absolute atomic E-state index is 0.302. The summed E-state index contributed by atoms with van der Waals surface area (Å²) in [6.07, 6.45) is 7.34. The molecule has 3 heterocycles. The van der Waals surface area contributed by atoms with Crippen molar-refractivity contribution in [2.24, 2.45) is 4.99 Å². The lowest BCUT2D eigenvalue weighted by atomic mass is 9.83. The van der Waals surface area contributed by atoms with Crippen LogP contribution >= 0.6 is 0 Å². The molecule has 3 aliphatic rings. The molecule has 7 heteroatoms. The molecule has 0 radical (unpaired) electrons. The Morgan fingerprint density at radius 1 is 1.03 bits per heavy atom. The van der Waals surface area contributed by atoms with E-state index in [4.69, 9.17) is 4.42 Å². The summed E-state index contributed by atoms with van der Waals surface area (Å²) in [4.78, 5) is 22.0. The molecular weight excluding hydrogens is 479 g/mol. The van der Waals surface area contributed by atoms with E-state index >= 15 is 0 Å². The van der Waals surface area contributed by atoms with Crippen LogP contribution < -0.4 is 10.2 Å². The van der Waals surface area contributed by atoms with Crippen LogP contribution in [0.3, 0.4) is 0 Å². The molecule has 3 aromatic rings. The van der Waals surface area contributed by atoms with Crippen LogP contribution in [0.2, 0.25) is 0 Å². The van der Waals surface area contributed by atoms with Gasteiger partial charge in [0.05, 0.1) is 0 Å². The van der Waals surface area contributed by atoms with Crippen LogP contribution in [0.4, 0.5) is 14.9 Å². The summed E-state index contributed by atoms with van der Waals surface area (Å²) < 4.78 is 20.1. The second-order valence-electron chi connectivity index (χ2n) is 11.0. The highest BCUT2D eigenvalue weighted by Crippen LogP contribution is 2.39. The van der Waals surface area contributed by atoms with Gasteiger partial charge in [-0.25, -0.2) is 9.18 Å². The third kappa shape index (κ3) is 4.87. The Morgan fingerprint density at radius 3 is 2.55 bits per heavy atom. The first-order valence-electron chi connectivity index (χ1n) is 13.8. The number of amides is 2. The number of rotatable bonds is 5. The van der Waals surface area contributed by atoms with E-state index < -0.39 is 5.54 Å². The predicted molar refractivity (Wildman–Crippen MR) is 148 cm³/mol. The quantitative estimate of drug-likeness (QED) is 0.412. The lowest BCUT2D eigenvalue weighted by Crippen LogP contribution is -2.62. The smallest absolute Gasteiger partial charge is 0.350 e. The number of furan rings is 1. The number of nitrogens with zero attached hydrogens (tertiary/aromatic N) is 3. The zero-order chi connectivity index (χ0) is 26.1. The summed E-state index contributed by atoms with van der Waals surface area (Å²) in [6, 6.07) is 18.9. The minimum Gasteiger partial charge on any atom is -0.461 e. The van der Waals surface area contributed by atoms with E-state index in [2.05, 4.69) is 39.5 Å². The Bertz CT molecular complexity index is 1330. The van der Waals surface area contributed by atoms with Crippen LogP contribution in [0.15, 0.2) is 70.1 Å². The zero-order valence-corrected chi connectivity index (χ0v) is 22.0. The van der Waals surface area contributed by atoms with Gasteiger partial charge in [-0.05, 0) is 74.6 Å². The number of piperidine rings is 1. The molecule has 2 fully saturated rings. The van der Waals surface area contributed by atoms with E-state index in [1.807, 2.05) is 25.1 Å². The molecule has 2 aliphatic heterocycles. The van der Waals surface area contributed by atoms with Gasteiger partial charge in [0.25, 0.3) is 0 Å². The number of aliphatic imine (C=N–C) groups is 1. The van der Waals surface area contributed by atoms with Gasteiger partial charge in [0.1, 0.15) is 28.7 Å². The summed E-state index contributed by atoms with van der Waals surface area (Å²) in [5, 5.41) is 3.68. The van der Waals surface area contributed by atoms with Crippen molar-refractivity contribution in [3.05, 3.63) is 77.8 Å². The number of carbonyl (C=O) groups is 1. The van der Waals surface area contributed by atoms with Crippen LogP contribution in [0.5, 0.6) is 0 Å². The number of anilines is 1. The van der Waals surface area contributed by atoms with E-state index in [0.29, 0.717) is 11.7 Å². The first kappa shape index (κ1) is 24.9.